The Bertz CT molecular complexity index is 284. The Kier molecular flexibility index (Phi) is 7.08. The van der Waals surface area contributed by atoms with Gasteiger partial charge in [0, 0.05) is 18.9 Å². The van der Waals surface area contributed by atoms with Crippen molar-refractivity contribution in [2.75, 3.05) is 31.2 Å². The zero-order valence-corrected chi connectivity index (χ0v) is 11.6. The van der Waals surface area contributed by atoms with Crippen LogP contribution >= 0.6 is 0 Å². The first kappa shape index (κ1) is 14.9. The van der Waals surface area contributed by atoms with Crippen LogP contribution in [0, 0.1) is 0 Å². The normalized spacial score (nSPS) is 21.6. The number of hydrogen-bond acceptors (Lipinski definition) is 4. The molecule has 0 aliphatic carbocycles. The fraction of sp³-hybridized carbons (Fsp3) is 1.00. The van der Waals surface area contributed by atoms with Crippen molar-refractivity contribution >= 4 is 9.84 Å². The molecule has 17 heavy (non-hydrogen) atoms. The highest BCUT2D eigenvalue weighted by Crippen LogP contribution is 2.14. The third-order valence-corrected chi connectivity index (χ3v) is 4.88. The van der Waals surface area contributed by atoms with E-state index in [2.05, 4.69) is 5.32 Å². The van der Waals surface area contributed by atoms with Gasteiger partial charge in [-0.05, 0) is 38.6 Å². The highest BCUT2D eigenvalue weighted by Gasteiger charge is 2.13. The van der Waals surface area contributed by atoms with E-state index >= 15 is 0 Å². The maximum absolute atomic E-state index is 11.4. The lowest BCUT2D eigenvalue weighted by atomic mass is 10.1. The molecule has 1 atom stereocenters. The lowest BCUT2D eigenvalue weighted by molar-refractivity contribution is 0.0117. The first-order valence-electron chi connectivity index (χ1n) is 6.67. The molecule has 0 aromatic heterocycles. The summed E-state index contributed by atoms with van der Waals surface area (Å²) in [7, 11) is -2.83. The molecular formula is C12H25NO3S. The van der Waals surface area contributed by atoms with Crippen LogP contribution in [-0.2, 0) is 14.6 Å². The van der Waals surface area contributed by atoms with Gasteiger partial charge in [-0.25, -0.2) is 8.42 Å². The minimum absolute atomic E-state index is 0.256. The Morgan fingerprint density at radius 1 is 1.24 bits per heavy atom. The highest BCUT2D eigenvalue weighted by molar-refractivity contribution is 7.91. The maximum Gasteiger partial charge on any atom is 0.151 e. The lowest BCUT2D eigenvalue weighted by Gasteiger charge is -2.22. The largest absolute Gasteiger partial charge is 0.378 e. The minimum Gasteiger partial charge on any atom is -0.378 e. The van der Waals surface area contributed by atoms with Crippen LogP contribution in [0.15, 0.2) is 0 Å². The summed E-state index contributed by atoms with van der Waals surface area (Å²) in [5, 5.41) is 3.19. The standard InChI is InChI=1S/C12H25NO3S/c1-2-10-17(14,15)11-8-13-7-6-12-5-3-4-9-16-12/h12-13H,2-11H2,1H3. The van der Waals surface area contributed by atoms with Gasteiger partial charge in [0.15, 0.2) is 9.84 Å². The Morgan fingerprint density at radius 3 is 2.71 bits per heavy atom. The summed E-state index contributed by atoms with van der Waals surface area (Å²) in [5.74, 6) is 0.562. The molecule has 0 spiro atoms. The van der Waals surface area contributed by atoms with Crippen LogP contribution < -0.4 is 5.32 Å². The summed E-state index contributed by atoms with van der Waals surface area (Å²) in [6.45, 7) is 4.20. The molecule has 0 aromatic carbocycles. The van der Waals surface area contributed by atoms with E-state index in [0.29, 0.717) is 24.8 Å². The Balaban J connectivity index is 2.00. The Morgan fingerprint density at radius 2 is 2.06 bits per heavy atom. The zero-order chi connectivity index (χ0) is 12.6. The third-order valence-electron chi connectivity index (χ3n) is 3.02. The van der Waals surface area contributed by atoms with Gasteiger partial charge >= 0.3 is 0 Å². The predicted molar refractivity (Wildman–Crippen MR) is 70.0 cm³/mol. The molecular weight excluding hydrogens is 238 g/mol. The van der Waals surface area contributed by atoms with Crippen LogP contribution in [0.25, 0.3) is 0 Å². The SMILES string of the molecule is CCCS(=O)(=O)CCNCCC1CCCCO1. The molecule has 1 saturated heterocycles. The number of ether oxygens (including phenoxy) is 1. The Hall–Kier alpha value is -0.130. The maximum atomic E-state index is 11.4. The quantitative estimate of drug-likeness (QED) is 0.672. The fourth-order valence-corrected chi connectivity index (χ4v) is 3.35. The smallest absolute Gasteiger partial charge is 0.151 e. The van der Waals surface area contributed by atoms with Gasteiger partial charge in [0.1, 0.15) is 0 Å². The van der Waals surface area contributed by atoms with Gasteiger partial charge < -0.3 is 10.1 Å². The first-order chi connectivity index (χ1) is 8.14. The molecule has 1 unspecified atom stereocenters. The van der Waals surface area contributed by atoms with Gasteiger partial charge in [0.2, 0.25) is 0 Å². The van der Waals surface area contributed by atoms with Gasteiger partial charge in [0.25, 0.3) is 0 Å². The molecule has 0 saturated carbocycles. The van der Waals surface area contributed by atoms with Crippen molar-refractivity contribution in [1.29, 1.82) is 0 Å². The fourth-order valence-electron chi connectivity index (χ4n) is 2.06. The second-order valence-corrected chi connectivity index (χ2v) is 6.98. The molecule has 1 N–H and O–H groups in total. The molecule has 1 fully saturated rings. The molecule has 5 heteroatoms. The number of hydrogen-bond donors (Lipinski definition) is 1. The summed E-state index contributed by atoms with van der Waals surface area (Å²) in [6.07, 6.45) is 5.67. The van der Waals surface area contributed by atoms with E-state index in [1.807, 2.05) is 6.92 Å². The van der Waals surface area contributed by atoms with Crippen molar-refractivity contribution in [3.63, 3.8) is 0 Å². The number of nitrogens with one attached hydrogen (secondary N) is 1. The molecule has 1 heterocycles. The monoisotopic (exact) mass is 263 g/mol. The summed E-state index contributed by atoms with van der Waals surface area (Å²) < 4.78 is 28.5. The molecule has 1 aliphatic rings. The van der Waals surface area contributed by atoms with Crippen molar-refractivity contribution < 1.29 is 13.2 Å². The van der Waals surface area contributed by atoms with Crippen LogP contribution in [0.2, 0.25) is 0 Å². The topological polar surface area (TPSA) is 55.4 Å². The van der Waals surface area contributed by atoms with Crippen molar-refractivity contribution in [1.82, 2.24) is 5.32 Å². The van der Waals surface area contributed by atoms with Gasteiger partial charge in [-0.3, -0.25) is 0 Å². The third kappa shape index (κ3) is 7.01. The van der Waals surface area contributed by atoms with Crippen LogP contribution in [-0.4, -0.2) is 45.7 Å². The van der Waals surface area contributed by atoms with Crippen molar-refractivity contribution in [3.05, 3.63) is 0 Å². The number of rotatable bonds is 8. The van der Waals surface area contributed by atoms with Crippen LogP contribution in [0.5, 0.6) is 0 Å². The molecule has 102 valence electrons. The Labute approximate surface area is 105 Å². The molecule has 0 amide bonds. The van der Waals surface area contributed by atoms with Crippen molar-refractivity contribution in [2.45, 2.75) is 45.1 Å². The average Bonchev–Trinajstić information content (AvgIpc) is 2.30. The van der Waals surface area contributed by atoms with E-state index < -0.39 is 9.84 Å². The van der Waals surface area contributed by atoms with E-state index in [0.717, 1.165) is 26.0 Å². The van der Waals surface area contributed by atoms with E-state index in [-0.39, 0.29) is 5.75 Å². The van der Waals surface area contributed by atoms with Crippen molar-refractivity contribution in [2.24, 2.45) is 0 Å². The van der Waals surface area contributed by atoms with Gasteiger partial charge in [-0.15, -0.1) is 0 Å². The summed E-state index contributed by atoms with van der Waals surface area (Å²) in [4.78, 5) is 0. The summed E-state index contributed by atoms with van der Waals surface area (Å²) >= 11 is 0. The molecule has 0 bridgehead atoms. The van der Waals surface area contributed by atoms with E-state index in [1.54, 1.807) is 0 Å². The van der Waals surface area contributed by atoms with Crippen molar-refractivity contribution in [3.8, 4) is 0 Å². The molecule has 0 aromatic rings. The summed E-state index contributed by atoms with van der Waals surface area (Å²) in [6, 6.07) is 0. The molecule has 4 nitrogen and oxygen atoms in total. The van der Waals surface area contributed by atoms with Crippen LogP contribution in [0.4, 0.5) is 0 Å². The first-order valence-corrected chi connectivity index (χ1v) is 8.49. The summed E-state index contributed by atoms with van der Waals surface area (Å²) in [5.41, 5.74) is 0. The van der Waals surface area contributed by atoms with E-state index in [1.165, 1.54) is 12.8 Å². The second-order valence-electron chi connectivity index (χ2n) is 4.68. The minimum atomic E-state index is -2.83. The predicted octanol–water partition coefficient (Wildman–Crippen LogP) is 1.36. The average molecular weight is 263 g/mol. The van der Waals surface area contributed by atoms with E-state index in [9.17, 15) is 8.42 Å². The van der Waals surface area contributed by atoms with Gasteiger partial charge in [-0.2, -0.15) is 0 Å². The lowest BCUT2D eigenvalue weighted by Crippen LogP contribution is -2.29. The zero-order valence-electron chi connectivity index (χ0n) is 10.8. The van der Waals surface area contributed by atoms with Gasteiger partial charge in [-0.1, -0.05) is 6.92 Å². The van der Waals surface area contributed by atoms with Gasteiger partial charge in [0.05, 0.1) is 11.9 Å². The molecule has 1 rings (SSSR count). The second kappa shape index (κ2) is 8.06. The van der Waals surface area contributed by atoms with Crippen LogP contribution in [0.3, 0.4) is 0 Å². The molecule has 0 radical (unpaired) electrons. The van der Waals surface area contributed by atoms with E-state index in [4.69, 9.17) is 4.74 Å². The number of sulfone groups is 1. The molecule has 1 aliphatic heterocycles. The van der Waals surface area contributed by atoms with Crippen LogP contribution in [0.1, 0.15) is 39.0 Å². The highest BCUT2D eigenvalue weighted by atomic mass is 32.2.